The summed E-state index contributed by atoms with van der Waals surface area (Å²) in [5.74, 6) is -0.721. The number of nitrogens with zero attached hydrogens (tertiary/aromatic N) is 3. The molecule has 0 saturated heterocycles. The highest BCUT2D eigenvalue weighted by molar-refractivity contribution is 6.06. The van der Waals surface area contributed by atoms with Gasteiger partial charge in [-0.05, 0) is 61.4 Å². The minimum Gasteiger partial charge on any atom is -0.462 e. The number of benzene rings is 3. The van der Waals surface area contributed by atoms with Gasteiger partial charge in [-0.2, -0.15) is 0 Å². The van der Waals surface area contributed by atoms with E-state index in [1.165, 1.54) is 5.56 Å². The van der Waals surface area contributed by atoms with Gasteiger partial charge in [0.2, 0.25) is 0 Å². The van der Waals surface area contributed by atoms with Crippen molar-refractivity contribution in [2.24, 2.45) is 0 Å². The second kappa shape index (κ2) is 8.79. The van der Waals surface area contributed by atoms with Crippen molar-refractivity contribution in [3.63, 3.8) is 0 Å². The summed E-state index contributed by atoms with van der Waals surface area (Å²) >= 11 is 0. The molecule has 31 heavy (non-hydrogen) atoms. The van der Waals surface area contributed by atoms with Crippen LogP contribution in [-0.4, -0.2) is 33.5 Å². The summed E-state index contributed by atoms with van der Waals surface area (Å²) in [6.45, 7) is 4.71. The number of aryl methyl sites for hydroxylation is 1. The van der Waals surface area contributed by atoms with Crippen molar-refractivity contribution >= 4 is 28.6 Å². The van der Waals surface area contributed by atoms with Crippen LogP contribution in [0, 0.1) is 6.92 Å². The van der Waals surface area contributed by atoms with E-state index in [0.717, 1.165) is 11.1 Å². The zero-order valence-corrected chi connectivity index (χ0v) is 17.3. The zero-order valence-electron chi connectivity index (χ0n) is 17.3. The van der Waals surface area contributed by atoms with E-state index in [2.05, 4.69) is 34.7 Å². The van der Waals surface area contributed by atoms with Gasteiger partial charge >= 0.3 is 5.97 Å². The molecule has 1 aromatic heterocycles. The van der Waals surface area contributed by atoms with E-state index in [-0.39, 0.29) is 5.91 Å². The van der Waals surface area contributed by atoms with E-state index < -0.39 is 5.97 Å². The van der Waals surface area contributed by atoms with Crippen LogP contribution in [0.4, 0.5) is 5.69 Å². The molecule has 0 aliphatic carbocycles. The van der Waals surface area contributed by atoms with Crippen LogP contribution in [0.5, 0.6) is 0 Å². The molecule has 3 aromatic carbocycles. The Balaban J connectivity index is 1.53. The highest BCUT2D eigenvalue weighted by atomic mass is 16.5. The number of amides is 1. The standard InChI is InChI=1S/C24H22N4O3/c1-3-31-24(30)18-9-6-10-20(13-18)25-23(29)17-11-12-22-21(14-17)26-27-28(22)15-19-8-5-4-7-16(19)2/h4-14H,3,15H2,1-2H3,(H,25,29). The molecule has 1 heterocycles. The maximum absolute atomic E-state index is 12.7. The highest BCUT2D eigenvalue weighted by Gasteiger charge is 2.13. The van der Waals surface area contributed by atoms with E-state index >= 15 is 0 Å². The molecule has 0 aliphatic rings. The van der Waals surface area contributed by atoms with Gasteiger partial charge in [0, 0.05) is 11.3 Å². The third kappa shape index (κ3) is 4.45. The fourth-order valence-electron chi connectivity index (χ4n) is 3.32. The largest absolute Gasteiger partial charge is 0.462 e. The van der Waals surface area contributed by atoms with Crippen molar-refractivity contribution in [3.8, 4) is 0 Å². The van der Waals surface area contributed by atoms with Crippen LogP contribution in [0.3, 0.4) is 0 Å². The first kappa shape index (κ1) is 20.3. The number of esters is 1. The average Bonchev–Trinajstić information content (AvgIpc) is 3.17. The Kier molecular flexibility index (Phi) is 5.75. The van der Waals surface area contributed by atoms with Crippen LogP contribution in [-0.2, 0) is 11.3 Å². The predicted octanol–water partition coefficient (Wildman–Crippen LogP) is 4.22. The van der Waals surface area contributed by atoms with Gasteiger partial charge in [-0.15, -0.1) is 5.10 Å². The molecule has 0 bridgehead atoms. The quantitative estimate of drug-likeness (QED) is 0.478. The summed E-state index contributed by atoms with van der Waals surface area (Å²) in [4.78, 5) is 24.6. The van der Waals surface area contributed by atoms with E-state index in [4.69, 9.17) is 4.74 Å². The van der Waals surface area contributed by atoms with E-state index in [1.807, 2.05) is 22.9 Å². The number of aromatic nitrogens is 3. The molecule has 0 aliphatic heterocycles. The second-order valence-electron chi connectivity index (χ2n) is 7.13. The molecule has 0 unspecified atom stereocenters. The van der Waals surface area contributed by atoms with Gasteiger partial charge in [0.1, 0.15) is 5.52 Å². The Morgan fingerprint density at radius 1 is 1.00 bits per heavy atom. The minimum atomic E-state index is -0.426. The number of ether oxygens (including phenoxy) is 1. The number of hydrogen-bond acceptors (Lipinski definition) is 5. The third-order valence-electron chi connectivity index (χ3n) is 4.99. The normalized spacial score (nSPS) is 10.8. The Bertz CT molecular complexity index is 1260. The van der Waals surface area contributed by atoms with Crippen LogP contribution < -0.4 is 5.32 Å². The molecule has 0 spiro atoms. The smallest absolute Gasteiger partial charge is 0.338 e. The van der Waals surface area contributed by atoms with Crippen LogP contribution in [0.2, 0.25) is 0 Å². The van der Waals surface area contributed by atoms with Gasteiger partial charge < -0.3 is 10.1 Å². The maximum atomic E-state index is 12.7. The summed E-state index contributed by atoms with van der Waals surface area (Å²) in [5.41, 5.74) is 5.19. The van der Waals surface area contributed by atoms with Gasteiger partial charge in [-0.3, -0.25) is 4.79 Å². The van der Waals surface area contributed by atoms with Crippen molar-refractivity contribution in [1.29, 1.82) is 0 Å². The Morgan fingerprint density at radius 2 is 1.84 bits per heavy atom. The number of carbonyl (C=O) groups excluding carboxylic acids is 2. The molecule has 1 amide bonds. The lowest BCUT2D eigenvalue weighted by Gasteiger charge is -2.08. The first-order valence-electron chi connectivity index (χ1n) is 10.0. The molecule has 4 rings (SSSR count). The second-order valence-corrected chi connectivity index (χ2v) is 7.13. The minimum absolute atomic E-state index is 0.292. The molecular formula is C24H22N4O3. The number of hydrogen-bond donors (Lipinski definition) is 1. The molecule has 0 radical (unpaired) electrons. The van der Waals surface area contributed by atoms with Crippen molar-refractivity contribution in [1.82, 2.24) is 15.0 Å². The van der Waals surface area contributed by atoms with Gasteiger partial charge in [0.15, 0.2) is 0 Å². The monoisotopic (exact) mass is 414 g/mol. The maximum Gasteiger partial charge on any atom is 0.338 e. The SMILES string of the molecule is CCOC(=O)c1cccc(NC(=O)c2ccc3c(c2)nnn3Cc2ccccc2C)c1. The van der Waals surface area contributed by atoms with E-state index in [1.54, 1.807) is 43.3 Å². The molecule has 7 nitrogen and oxygen atoms in total. The molecule has 156 valence electrons. The van der Waals surface area contributed by atoms with Crippen LogP contribution in [0.25, 0.3) is 11.0 Å². The lowest BCUT2D eigenvalue weighted by Crippen LogP contribution is -2.13. The highest BCUT2D eigenvalue weighted by Crippen LogP contribution is 2.18. The fraction of sp³-hybridized carbons (Fsp3) is 0.167. The summed E-state index contributed by atoms with van der Waals surface area (Å²) in [7, 11) is 0. The molecule has 1 N–H and O–H groups in total. The Hall–Kier alpha value is -4.00. The van der Waals surface area contributed by atoms with Gasteiger partial charge in [0.05, 0.1) is 24.2 Å². The van der Waals surface area contributed by atoms with Gasteiger partial charge in [-0.1, -0.05) is 35.5 Å². The number of carbonyl (C=O) groups is 2. The zero-order chi connectivity index (χ0) is 21.8. The number of rotatable bonds is 6. The molecule has 7 heteroatoms. The van der Waals surface area contributed by atoms with Crippen molar-refractivity contribution in [3.05, 3.63) is 89.0 Å². The lowest BCUT2D eigenvalue weighted by atomic mass is 10.1. The van der Waals surface area contributed by atoms with Crippen molar-refractivity contribution < 1.29 is 14.3 Å². The molecule has 0 saturated carbocycles. The van der Waals surface area contributed by atoms with Gasteiger partial charge in [0.25, 0.3) is 5.91 Å². The lowest BCUT2D eigenvalue weighted by molar-refractivity contribution is 0.0526. The van der Waals surface area contributed by atoms with E-state index in [9.17, 15) is 9.59 Å². The Labute approximate surface area is 179 Å². The average molecular weight is 414 g/mol. The Morgan fingerprint density at radius 3 is 2.65 bits per heavy atom. The molecule has 4 aromatic rings. The van der Waals surface area contributed by atoms with Crippen LogP contribution in [0.15, 0.2) is 66.7 Å². The summed E-state index contributed by atoms with van der Waals surface area (Å²) < 4.78 is 6.83. The molecule has 0 fully saturated rings. The third-order valence-corrected chi connectivity index (χ3v) is 4.99. The molecular weight excluding hydrogens is 392 g/mol. The van der Waals surface area contributed by atoms with Crippen molar-refractivity contribution in [2.45, 2.75) is 20.4 Å². The number of nitrogens with one attached hydrogen (secondary N) is 1. The first-order chi connectivity index (χ1) is 15.0. The summed E-state index contributed by atoms with van der Waals surface area (Å²) in [6.07, 6.45) is 0. The number of fused-ring (bicyclic) bond motifs is 1. The van der Waals surface area contributed by atoms with Crippen molar-refractivity contribution in [2.75, 3.05) is 11.9 Å². The predicted molar refractivity (Wildman–Crippen MR) is 118 cm³/mol. The van der Waals surface area contributed by atoms with Crippen LogP contribution >= 0.6 is 0 Å². The summed E-state index contributed by atoms with van der Waals surface area (Å²) in [5, 5.41) is 11.3. The number of anilines is 1. The fourth-order valence-corrected chi connectivity index (χ4v) is 3.32. The summed E-state index contributed by atoms with van der Waals surface area (Å²) in [6, 6.07) is 20.1. The van der Waals surface area contributed by atoms with Gasteiger partial charge in [-0.25, -0.2) is 9.48 Å². The molecule has 0 atom stereocenters. The first-order valence-corrected chi connectivity index (χ1v) is 10.0. The topological polar surface area (TPSA) is 86.1 Å². The van der Waals surface area contributed by atoms with E-state index in [0.29, 0.717) is 35.5 Å². The van der Waals surface area contributed by atoms with Crippen LogP contribution in [0.1, 0.15) is 38.8 Å².